The van der Waals surface area contributed by atoms with E-state index in [9.17, 15) is 13.6 Å². The molecule has 0 saturated heterocycles. The molecule has 2 atom stereocenters. The number of primary amides is 1. The van der Waals surface area contributed by atoms with Gasteiger partial charge >= 0.3 is 0 Å². The zero-order valence-corrected chi connectivity index (χ0v) is 14.6. The molecule has 0 aliphatic rings. The number of nitrogens with zero attached hydrogens (tertiary/aromatic N) is 2. The zero-order valence-electron chi connectivity index (χ0n) is 14.6. The minimum Gasteiger partial charge on any atom is -0.365 e. The van der Waals surface area contributed by atoms with Gasteiger partial charge in [0.1, 0.15) is 11.6 Å². The molecule has 1 amide bonds. The van der Waals surface area contributed by atoms with Gasteiger partial charge in [0.05, 0.1) is 23.6 Å². The third-order valence-corrected chi connectivity index (χ3v) is 3.77. The fraction of sp³-hybridized carbons (Fsp3) is 0.353. The van der Waals surface area contributed by atoms with Crippen LogP contribution in [0.2, 0.25) is 0 Å². The van der Waals surface area contributed by atoms with E-state index in [4.69, 9.17) is 11.5 Å². The highest BCUT2D eigenvalue weighted by atomic mass is 19.1. The van der Waals surface area contributed by atoms with Crippen molar-refractivity contribution in [2.24, 2.45) is 11.5 Å². The van der Waals surface area contributed by atoms with Crippen LogP contribution in [0.15, 0.2) is 24.5 Å². The predicted octanol–water partition coefficient (Wildman–Crippen LogP) is 2.53. The second kappa shape index (κ2) is 8.52. The lowest BCUT2D eigenvalue weighted by Gasteiger charge is -2.23. The summed E-state index contributed by atoms with van der Waals surface area (Å²) in [5.74, 6) is -2.25. The summed E-state index contributed by atoms with van der Waals surface area (Å²) in [7, 11) is 0. The van der Waals surface area contributed by atoms with E-state index >= 15 is 0 Å². The molecule has 9 heteroatoms. The molecule has 140 valence electrons. The van der Waals surface area contributed by atoms with Crippen molar-refractivity contribution in [1.82, 2.24) is 9.97 Å². The van der Waals surface area contributed by atoms with Crippen LogP contribution in [-0.4, -0.2) is 28.0 Å². The molecule has 0 radical (unpaired) electrons. The van der Waals surface area contributed by atoms with Crippen molar-refractivity contribution in [1.29, 1.82) is 0 Å². The molecule has 2 heterocycles. The van der Waals surface area contributed by atoms with Crippen molar-refractivity contribution >= 4 is 23.2 Å². The van der Waals surface area contributed by atoms with E-state index in [2.05, 4.69) is 20.6 Å². The molecule has 6 N–H and O–H groups in total. The Hall–Kier alpha value is -2.81. The summed E-state index contributed by atoms with van der Waals surface area (Å²) in [4.78, 5) is 19.4. The minimum atomic E-state index is -0.868. The predicted molar refractivity (Wildman–Crippen MR) is 96.2 cm³/mol. The normalized spacial score (nSPS) is 13.1. The summed E-state index contributed by atoms with van der Waals surface area (Å²) < 4.78 is 27.7. The van der Waals surface area contributed by atoms with Crippen molar-refractivity contribution in [2.45, 2.75) is 38.8 Å². The number of carbonyl (C=O) groups is 1. The maximum Gasteiger partial charge on any atom is 0.252 e. The SMILES string of the molecule is CCC[C@@H](Nc1nc(Nc2cncc(F)c2)c(C(N)=O)cc1F)[C@H](C)N. The van der Waals surface area contributed by atoms with E-state index in [1.54, 1.807) is 6.92 Å². The fourth-order valence-electron chi connectivity index (χ4n) is 2.44. The number of aromatic nitrogens is 2. The van der Waals surface area contributed by atoms with Gasteiger partial charge in [-0.15, -0.1) is 0 Å². The van der Waals surface area contributed by atoms with Crippen LogP contribution in [0.25, 0.3) is 0 Å². The first kappa shape index (κ1) is 19.5. The summed E-state index contributed by atoms with van der Waals surface area (Å²) in [5, 5.41) is 5.70. The van der Waals surface area contributed by atoms with Crippen LogP contribution >= 0.6 is 0 Å². The van der Waals surface area contributed by atoms with Gasteiger partial charge in [-0.05, 0) is 19.4 Å². The lowest BCUT2D eigenvalue weighted by Crippen LogP contribution is -2.38. The Morgan fingerprint density at radius 1 is 1.27 bits per heavy atom. The number of carbonyl (C=O) groups excluding carboxylic acids is 1. The average molecular weight is 364 g/mol. The number of nitrogens with two attached hydrogens (primary N) is 2. The number of pyridine rings is 2. The highest BCUT2D eigenvalue weighted by Gasteiger charge is 2.20. The largest absolute Gasteiger partial charge is 0.365 e. The van der Waals surface area contributed by atoms with Crippen LogP contribution < -0.4 is 22.1 Å². The van der Waals surface area contributed by atoms with Gasteiger partial charge in [-0.1, -0.05) is 13.3 Å². The molecule has 2 aromatic heterocycles. The van der Waals surface area contributed by atoms with Crippen molar-refractivity contribution < 1.29 is 13.6 Å². The number of rotatable bonds is 8. The lowest BCUT2D eigenvalue weighted by molar-refractivity contribution is 0.100. The van der Waals surface area contributed by atoms with Crippen LogP contribution in [0, 0.1) is 11.6 Å². The fourth-order valence-corrected chi connectivity index (χ4v) is 2.44. The Kier molecular flexibility index (Phi) is 6.40. The molecule has 2 rings (SSSR count). The van der Waals surface area contributed by atoms with Gasteiger partial charge in [-0.3, -0.25) is 9.78 Å². The van der Waals surface area contributed by atoms with E-state index < -0.39 is 17.5 Å². The highest BCUT2D eigenvalue weighted by Crippen LogP contribution is 2.24. The average Bonchev–Trinajstić information content (AvgIpc) is 2.56. The molecule has 7 nitrogen and oxygen atoms in total. The minimum absolute atomic E-state index is 0.00581. The number of hydrogen-bond donors (Lipinski definition) is 4. The maximum absolute atomic E-state index is 14.4. The molecule has 0 saturated carbocycles. The number of halogens is 2. The molecule has 0 spiro atoms. The molecular formula is C17H22F2N6O. The van der Waals surface area contributed by atoms with E-state index in [1.165, 1.54) is 6.20 Å². The molecule has 0 aliphatic carbocycles. The smallest absolute Gasteiger partial charge is 0.252 e. The van der Waals surface area contributed by atoms with Crippen LogP contribution in [0.5, 0.6) is 0 Å². The van der Waals surface area contributed by atoms with Gasteiger partial charge in [-0.2, -0.15) is 0 Å². The Labute approximate surface area is 150 Å². The zero-order chi connectivity index (χ0) is 19.3. The second-order valence-corrected chi connectivity index (χ2v) is 5.99. The second-order valence-electron chi connectivity index (χ2n) is 5.99. The molecule has 0 aliphatic heterocycles. The molecular weight excluding hydrogens is 342 g/mol. The number of nitrogens with one attached hydrogen (secondary N) is 2. The van der Waals surface area contributed by atoms with E-state index in [0.29, 0.717) is 6.42 Å². The summed E-state index contributed by atoms with van der Waals surface area (Å²) in [6.07, 6.45) is 3.93. The first-order chi connectivity index (χ1) is 12.3. The first-order valence-corrected chi connectivity index (χ1v) is 8.21. The van der Waals surface area contributed by atoms with E-state index in [1.807, 2.05) is 6.92 Å². The van der Waals surface area contributed by atoms with Gasteiger partial charge in [0.25, 0.3) is 5.91 Å². The van der Waals surface area contributed by atoms with Gasteiger partial charge in [0.2, 0.25) is 0 Å². The molecule has 2 aromatic rings. The van der Waals surface area contributed by atoms with Crippen molar-refractivity contribution in [3.05, 3.63) is 41.7 Å². The van der Waals surface area contributed by atoms with Crippen LogP contribution in [-0.2, 0) is 0 Å². The van der Waals surface area contributed by atoms with Crippen molar-refractivity contribution in [2.75, 3.05) is 10.6 Å². The van der Waals surface area contributed by atoms with Gasteiger partial charge in [-0.25, -0.2) is 13.8 Å². The van der Waals surface area contributed by atoms with Crippen molar-refractivity contribution in [3.63, 3.8) is 0 Å². The van der Waals surface area contributed by atoms with E-state index in [0.717, 1.165) is 24.8 Å². The van der Waals surface area contributed by atoms with E-state index in [-0.39, 0.29) is 35.0 Å². The maximum atomic E-state index is 14.4. The van der Waals surface area contributed by atoms with Crippen LogP contribution in [0.4, 0.5) is 26.1 Å². The quantitative estimate of drug-likeness (QED) is 0.571. The number of amides is 1. The third-order valence-electron chi connectivity index (χ3n) is 3.77. The van der Waals surface area contributed by atoms with Gasteiger partial charge in [0.15, 0.2) is 11.6 Å². The molecule has 0 fully saturated rings. The Bertz CT molecular complexity index is 784. The van der Waals surface area contributed by atoms with Gasteiger partial charge in [0, 0.05) is 18.2 Å². The molecule has 0 bridgehead atoms. The Morgan fingerprint density at radius 3 is 2.58 bits per heavy atom. The summed E-state index contributed by atoms with van der Waals surface area (Å²) in [5.41, 5.74) is 11.3. The number of anilines is 3. The summed E-state index contributed by atoms with van der Waals surface area (Å²) in [6.45, 7) is 3.79. The third kappa shape index (κ3) is 4.85. The molecule has 0 aromatic carbocycles. The highest BCUT2D eigenvalue weighted by molar-refractivity contribution is 5.98. The summed E-state index contributed by atoms with van der Waals surface area (Å²) in [6, 6.07) is 1.70. The Balaban J connectivity index is 2.40. The standard InChI is InChI=1S/C17H22F2N6O/c1-3-4-14(9(2)20)24-17-13(19)6-12(15(21)26)16(25-17)23-11-5-10(18)7-22-8-11/h5-9,14H,3-4,20H2,1-2H3,(H2,21,26)(H2,23,24,25)/t9-,14+/m0/s1. The Morgan fingerprint density at radius 2 is 2.00 bits per heavy atom. The first-order valence-electron chi connectivity index (χ1n) is 8.21. The number of hydrogen-bond acceptors (Lipinski definition) is 6. The van der Waals surface area contributed by atoms with Crippen LogP contribution in [0.1, 0.15) is 37.0 Å². The monoisotopic (exact) mass is 364 g/mol. The molecule has 26 heavy (non-hydrogen) atoms. The van der Waals surface area contributed by atoms with Crippen LogP contribution in [0.3, 0.4) is 0 Å². The topological polar surface area (TPSA) is 119 Å². The molecule has 0 unspecified atom stereocenters. The lowest BCUT2D eigenvalue weighted by atomic mass is 10.1. The summed E-state index contributed by atoms with van der Waals surface area (Å²) >= 11 is 0. The van der Waals surface area contributed by atoms with Crippen molar-refractivity contribution in [3.8, 4) is 0 Å². The van der Waals surface area contributed by atoms with Gasteiger partial charge < -0.3 is 22.1 Å².